The monoisotopic (exact) mass is 485 g/mol. The van der Waals surface area contributed by atoms with Crippen molar-refractivity contribution in [2.24, 2.45) is 0 Å². The lowest BCUT2D eigenvalue weighted by Gasteiger charge is -2.05. The molecule has 0 aliphatic carbocycles. The highest BCUT2D eigenvalue weighted by molar-refractivity contribution is 9.10. The predicted octanol–water partition coefficient (Wildman–Crippen LogP) is 5.45. The maximum atomic E-state index is 12.7. The number of benzene rings is 2. The van der Waals surface area contributed by atoms with Crippen molar-refractivity contribution in [3.63, 3.8) is 0 Å². The molecule has 0 atom stereocenters. The first-order chi connectivity index (χ1) is 14.0. The van der Waals surface area contributed by atoms with Crippen molar-refractivity contribution in [3.05, 3.63) is 74.3 Å². The molecule has 4 rings (SSSR count). The van der Waals surface area contributed by atoms with Crippen LogP contribution in [0.25, 0.3) is 21.3 Å². The van der Waals surface area contributed by atoms with E-state index in [1.54, 1.807) is 0 Å². The van der Waals surface area contributed by atoms with E-state index in [1.165, 1.54) is 28.7 Å². The van der Waals surface area contributed by atoms with Crippen LogP contribution in [0.15, 0.2) is 68.3 Å². The molecule has 5 nitrogen and oxygen atoms in total. The first-order valence-corrected chi connectivity index (χ1v) is 11.4. The number of nitrogens with one attached hydrogen (secondary N) is 2. The molecule has 2 heterocycles. The van der Waals surface area contributed by atoms with Gasteiger partial charge in [-0.1, -0.05) is 57.5 Å². The highest BCUT2D eigenvalue weighted by Gasteiger charge is 2.14. The summed E-state index contributed by atoms with van der Waals surface area (Å²) < 4.78 is 0.945. The quantitative estimate of drug-likeness (QED) is 0.291. The summed E-state index contributed by atoms with van der Waals surface area (Å²) in [5.74, 6) is -0.00709. The first kappa shape index (κ1) is 19.9. The van der Waals surface area contributed by atoms with Gasteiger partial charge in [0.25, 0.3) is 5.56 Å². The third-order valence-corrected chi connectivity index (χ3v) is 6.53. The second-order valence-corrected chi connectivity index (χ2v) is 9.15. The molecule has 8 heteroatoms. The molecule has 0 spiro atoms. The number of aryl methyl sites for hydroxylation is 1. The second-order valence-electron chi connectivity index (χ2n) is 6.41. The molecule has 0 bridgehead atoms. The number of carbonyl (C=O) groups excluding carboxylic acids is 1. The van der Waals surface area contributed by atoms with Gasteiger partial charge in [-0.05, 0) is 36.8 Å². The number of hydrogen-bond donors (Lipinski definition) is 2. The fourth-order valence-corrected chi connectivity index (χ4v) is 4.74. The molecule has 2 aromatic heterocycles. The Balaban J connectivity index is 1.50. The molecule has 0 fully saturated rings. The molecule has 4 aromatic rings. The lowest BCUT2D eigenvalue weighted by Crippen LogP contribution is -2.15. The summed E-state index contributed by atoms with van der Waals surface area (Å²) >= 11 is 6.00. The number of fused-ring (bicyclic) bond motifs is 1. The number of carbonyl (C=O) groups is 1. The summed E-state index contributed by atoms with van der Waals surface area (Å²) in [7, 11) is 0. The lowest BCUT2D eigenvalue weighted by molar-refractivity contribution is -0.113. The molecule has 0 radical (unpaired) electrons. The summed E-state index contributed by atoms with van der Waals surface area (Å²) in [5.41, 5.74) is 3.56. The normalized spacial score (nSPS) is 11.0. The van der Waals surface area contributed by atoms with Gasteiger partial charge in [0.2, 0.25) is 5.91 Å². The van der Waals surface area contributed by atoms with Crippen LogP contribution in [0.5, 0.6) is 0 Å². The van der Waals surface area contributed by atoms with Gasteiger partial charge >= 0.3 is 0 Å². The highest BCUT2D eigenvalue weighted by atomic mass is 79.9. The number of amides is 1. The lowest BCUT2D eigenvalue weighted by atomic mass is 10.1. The third kappa shape index (κ3) is 4.60. The largest absolute Gasteiger partial charge is 0.325 e. The van der Waals surface area contributed by atoms with Crippen LogP contribution in [0.1, 0.15) is 5.56 Å². The molecule has 2 aromatic carbocycles. The average Bonchev–Trinajstić information content (AvgIpc) is 3.13. The van der Waals surface area contributed by atoms with Crippen molar-refractivity contribution < 1.29 is 4.79 Å². The minimum atomic E-state index is -0.192. The average molecular weight is 486 g/mol. The Kier molecular flexibility index (Phi) is 5.84. The Hall–Kier alpha value is -2.42. The van der Waals surface area contributed by atoms with Crippen molar-refractivity contribution in [1.82, 2.24) is 9.97 Å². The van der Waals surface area contributed by atoms with Gasteiger partial charge in [0, 0.05) is 21.1 Å². The number of thioether (sulfide) groups is 1. The summed E-state index contributed by atoms with van der Waals surface area (Å²) in [6.07, 6.45) is 0. The molecule has 2 N–H and O–H groups in total. The number of hydrogen-bond acceptors (Lipinski definition) is 5. The van der Waals surface area contributed by atoms with Gasteiger partial charge in [0.1, 0.15) is 4.83 Å². The zero-order valence-corrected chi connectivity index (χ0v) is 18.6. The van der Waals surface area contributed by atoms with Gasteiger partial charge in [0.15, 0.2) is 5.16 Å². The van der Waals surface area contributed by atoms with Gasteiger partial charge in [0.05, 0.1) is 11.1 Å². The predicted molar refractivity (Wildman–Crippen MR) is 124 cm³/mol. The van der Waals surface area contributed by atoms with E-state index >= 15 is 0 Å². The van der Waals surface area contributed by atoms with E-state index in [9.17, 15) is 9.59 Å². The molecule has 0 saturated heterocycles. The Morgan fingerprint density at radius 2 is 1.90 bits per heavy atom. The smallest absolute Gasteiger partial charge is 0.260 e. The maximum absolute atomic E-state index is 12.7. The SMILES string of the molecule is Cc1ccc(-c2csc3nc(SCC(=O)Nc4ccc(Br)cc4)[nH]c(=O)c23)cc1. The summed E-state index contributed by atoms with van der Waals surface area (Å²) in [6, 6.07) is 15.4. The van der Waals surface area contributed by atoms with Crippen LogP contribution in [0.2, 0.25) is 0 Å². The topological polar surface area (TPSA) is 74.8 Å². The number of halogens is 1. The van der Waals surface area contributed by atoms with Crippen LogP contribution in [0.3, 0.4) is 0 Å². The number of rotatable bonds is 5. The first-order valence-electron chi connectivity index (χ1n) is 8.76. The molecule has 29 heavy (non-hydrogen) atoms. The van der Waals surface area contributed by atoms with E-state index in [4.69, 9.17) is 0 Å². The van der Waals surface area contributed by atoms with Gasteiger partial charge in [-0.15, -0.1) is 11.3 Å². The van der Waals surface area contributed by atoms with Crippen LogP contribution in [0, 0.1) is 6.92 Å². The van der Waals surface area contributed by atoms with Crippen LogP contribution in [-0.4, -0.2) is 21.6 Å². The van der Waals surface area contributed by atoms with Gasteiger partial charge in [-0.3, -0.25) is 9.59 Å². The third-order valence-electron chi connectivity index (χ3n) is 4.25. The molecule has 0 aliphatic heterocycles. The molecule has 0 unspecified atom stereocenters. The Labute approximate surface area is 183 Å². The standard InChI is InChI=1S/C21H16BrN3O2S2/c1-12-2-4-13(5-3-12)16-10-28-20-18(16)19(27)24-21(25-20)29-11-17(26)23-15-8-6-14(22)7-9-15/h2-10H,11H2,1H3,(H,23,26)(H,24,25,27). The Bertz CT molecular complexity index is 1230. The fourth-order valence-electron chi connectivity index (χ4n) is 2.81. The molecule has 1 amide bonds. The van der Waals surface area contributed by atoms with E-state index < -0.39 is 0 Å². The van der Waals surface area contributed by atoms with E-state index in [0.717, 1.165) is 21.3 Å². The highest BCUT2D eigenvalue weighted by Crippen LogP contribution is 2.31. The van der Waals surface area contributed by atoms with Crippen molar-refractivity contribution in [2.75, 3.05) is 11.1 Å². The van der Waals surface area contributed by atoms with Gasteiger partial charge < -0.3 is 10.3 Å². The molecule has 146 valence electrons. The van der Waals surface area contributed by atoms with Crippen molar-refractivity contribution in [1.29, 1.82) is 0 Å². The fraction of sp³-hybridized carbons (Fsp3) is 0.0952. The Morgan fingerprint density at radius 3 is 2.62 bits per heavy atom. The summed E-state index contributed by atoms with van der Waals surface area (Å²) in [6.45, 7) is 2.03. The second kappa shape index (κ2) is 8.52. The van der Waals surface area contributed by atoms with E-state index in [1.807, 2.05) is 60.8 Å². The number of aromatic nitrogens is 2. The number of nitrogens with zero attached hydrogens (tertiary/aromatic N) is 1. The summed E-state index contributed by atoms with van der Waals surface area (Å²) in [4.78, 5) is 32.9. The van der Waals surface area contributed by atoms with Crippen molar-refractivity contribution >= 4 is 60.8 Å². The van der Waals surface area contributed by atoms with Gasteiger partial charge in [-0.25, -0.2) is 4.98 Å². The van der Waals surface area contributed by atoms with Crippen LogP contribution >= 0.6 is 39.0 Å². The maximum Gasteiger partial charge on any atom is 0.260 e. The number of thiophene rings is 1. The zero-order valence-electron chi connectivity index (χ0n) is 15.4. The number of aromatic amines is 1. The minimum absolute atomic E-state index is 0.153. The Morgan fingerprint density at radius 1 is 1.17 bits per heavy atom. The minimum Gasteiger partial charge on any atom is -0.325 e. The van der Waals surface area contributed by atoms with E-state index in [2.05, 4.69) is 31.2 Å². The number of H-pyrrole nitrogens is 1. The molecular formula is C21H16BrN3O2S2. The van der Waals surface area contributed by atoms with Crippen molar-refractivity contribution in [2.45, 2.75) is 12.1 Å². The van der Waals surface area contributed by atoms with Crippen molar-refractivity contribution in [3.8, 4) is 11.1 Å². The molecule has 0 aliphatic rings. The van der Waals surface area contributed by atoms with Crippen LogP contribution in [0.4, 0.5) is 5.69 Å². The molecular weight excluding hydrogens is 470 g/mol. The van der Waals surface area contributed by atoms with Gasteiger partial charge in [-0.2, -0.15) is 0 Å². The van der Waals surface area contributed by atoms with Crippen LogP contribution in [-0.2, 0) is 4.79 Å². The zero-order chi connectivity index (χ0) is 20.4. The van der Waals surface area contributed by atoms with E-state index in [0.29, 0.717) is 15.4 Å². The van der Waals surface area contributed by atoms with E-state index in [-0.39, 0.29) is 17.2 Å². The molecule has 0 saturated carbocycles. The summed E-state index contributed by atoms with van der Waals surface area (Å²) in [5, 5.41) is 5.80. The number of anilines is 1. The van der Waals surface area contributed by atoms with Crippen LogP contribution < -0.4 is 10.9 Å².